The molecule has 0 rings (SSSR count). The molecular formula is C8H16N. The van der Waals surface area contributed by atoms with Crippen molar-refractivity contribution in [2.45, 2.75) is 38.6 Å². The quantitative estimate of drug-likeness (QED) is 0.611. The normalized spacial score (nSPS) is 11.4. The van der Waals surface area contributed by atoms with Crippen LogP contribution in [0.15, 0.2) is 6.08 Å². The summed E-state index contributed by atoms with van der Waals surface area (Å²) in [7, 11) is 0. The fourth-order valence-electron chi connectivity index (χ4n) is 0.773. The van der Waals surface area contributed by atoms with Gasteiger partial charge in [-0.15, -0.1) is 0 Å². The Kier molecular flexibility index (Phi) is 3.55. The lowest BCUT2D eigenvalue weighted by molar-refractivity contribution is 0.400. The van der Waals surface area contributed by atoms with Crippen LogP contribution in [0.5, 0.6) is 0 Å². The van der Waals surface area contributed by atoms with E-state index in [2.05, 4.69) is 13.8 Å². The minimum atomic E-state index is -0.0469. The Morgan fingerprint density at radius 3 is 2.00 bits per heavy atom. The molecule has 0 bridgehead atoms. The van der Waals surface area contributed by atoms with E-state index in [0.717, 1.165) is 19.3 Å². The molecule has 0 aromatic heterocycles. The minimum Gasteiger partial charge on any atom is -0.325 e. The van der Waals surface area contributed by atoms with Crippen molar-refractivity contribution in [1.82, 2.24) is 0 Å². The molecule has 1 nitrogen and oxygen atoms in total. The zero-order valence-corrected chi connectivity index (χ0v) is 6.35. The first kappa shape index (κ1) is 8.70. The molecule has 1 radical (unpaired) electrons. The van der Waals surface area contributed by atoms with Gasteiger partial charge < -0.3 is 5.73 Å². The Balaban J connectivity index is 3.75. The fourth-order valence-corrected chi connectivity index (χ4v) is 0.773. The Bertz CT molecular complexity index is 82.6. The molecule has 0 atom stereocenters. The van der Waals surface area contributed by atoms with Gasteiger partial charge in [0.15, 0.2) is 0 Å². The van der Waals surface area contributed by atoms with Crippen molar-refractivity contribution in [3.8, 4) is 0 Å². The largest absolute Gasteiger partial charge is 0.325 e. The van der Waals surface area contributed by atoms with Crippen LogP contribution in [0.4, 0.5) is 0 Å². The van der Waals surface area contributed by atoms with Crippen molar-refractivity contribution < 1.29 is 0 Å². The van der Waals surface area contributed by atoms with Gasteiger partial charge in [-0.25, -0.2) is 0 Å². The van der Waals surface area contributed by atoms with Gasteiger partial charge in [-0.1, -0.05) is 26.5 Å². The average Bonchev–Trinajstić information content (AvgIpc) is 1.89. The molecule has 0 spiro atoms. The molecule has 0 aliphatic rings. The van der Waals surface area contributed by atoms with E-state index >= 15 is 0 Å². The first-order valence-corrected chi connectivity index (χ1v) is 3.51. The van der Waals surface area contributed by atoms with Crippen LogP contribution in [0, 0.1) is 6.58 Å². The number of hydrogen-bond acceptors (Lipinski definition) is 1. The Hall–Kier alpha value is -0.300. The second-order valence-electron chi connectivity index (χ2n) is 2.51. The maximum Gasteiger partial charge on any atom is 0.0184 e. The highest BCUT2D eigenvalue weighted by atomic mass is 14.7. The van der Waals surface area contributed by atoms with Crippen LogP contribution in [-0.2, 0) is 0 Å². The molecule has 0 aromatic carbocycles. The molecule has 0 aliphatic carbocycles. The Morgan fingerprint density at radius 1 is 1.44 bits per heavy atom. The molecule has 0 amide bonds. The van der Waals surface area contributed by atoms with Gasteiger partial charge in [-0.2, -0.15) is 0 Å². The van der Waals surface area contributed by atoms with Gasteiger partial charge in [0.2, 0.25) is 0 Å². The van der Waals surface area contributed by atoms with Gasteiger partial charge in [-0.3, -0.25) is 0 Å². The maximum atomic E-state index is 5.90. The average molecular weight is 126 g/mol. The predicted molar refractivity (Wildman–Crippen MR) is 41.0 cm³/mol. The lowest BCUT2D eigenvalue weighted by Gasteiger charge is -2.24. The molecule has 53 valence electrons. The van der Waals surface area contributed by atoms with E-state index in [1.807, 2.05) is 0 Å². The van der Waals surface area contributed by atoms with E-state index in [-0.39, 0.29) is 5.54 Å². The highest BCUT2D eigenvalue weighted by Crippen LogP contribution is 2.15. The summed E-state index contributed by atoms with van der Waals surface area (Å²) in [6.45, 7) is 9.44. The van der Waals surface area contributed by atoms with Crippen LogP contribution >= 0.6 is 0 Å². The van der Waals surface area contributed by atoms with Crippen molar-refractivity contribution in [1.29, 1.82) is 0 Å². The van der Waals surface area contributed by atoms with Crippen molar-refractivity contribution in [3.63, 3.8) is 0 Å². The summed E-state index contributed by atoms with van der Waals surface area (Å²) >= 11 is 0. The first-order chi connectivity index (χ1) is 4.18. The fraction of sp³-hybridized carbons (Fsp3) is 0.750. The molecule has 0 saturated heterocycles. The molecule has 0 aromatic rings. The molecule has 0 unspecified atom stereocenters. The first-order valence-electron chi connectivity index (χ1n) is 3.51. The summed E-state index contributed by atoms with van der Waals surface area (Å²) in [5.41, 5.74) is 5.85. The summed E-state index contributed by atoms with van der Waals surface area (Å²) in [6.07, 6.45) is 4.46. The Labute approximate surface area is 57.9 Å². The third-order valence-corrected chi connectivity index (χ3v) is 1.93. The van der Waals surface area contributed by atoms with Crippen molar-refractivity contribution in [3.05, 3.63) is 12.7 Å². The molecular weight excluding hydrogens is 110 g/mol. The van der Waals surface area contributed by atoms with Crippen LogP contribution in [0.3, 0.4) is 0 Å². The monoisotopic (exact) mass is 126 g/mol. The predicted octanol–water partition coefficient (Wildman–Crippen LogP) is 1.88. The summed E-state index contributed by atoms with van der Waals surface area (Å²) in [5, 5.41) is 0. The van der Waals surface area contributed by atoms with E-state index in [1.165, 1.54) is 0 Å². The molecule has 2 N–H and O–H groups in total. The van der Waals surface area contributed by atoms with Gasteiger partial charge >= 0.3 is 0 Å². The van der Waals surface area contributed by atoms with Gasteiger partial charge in [0, 0.05) is 5.54 Å². The number of nitrogens with two attached hydrogens (primary N) is 1. The zero-order chi connectivity index (χ0) is 7.33. The SMILES string of the molecule is [CH]=CCC(N)(CC)CC. The topological polar surface area (TPSA) is 26.0 Å². The molecule has 1 heteroatoms. The van der Waals surface area contributed by atoms with Crippen LogP contribution in [0.2, 0.25) is 0 Å². The van der Waals surface area contributed by atoms with Crippen LogP contribution in [0.25, 0.3) is 0 Å². The summed E-state index contributed by atoms with van der Waals surface area (Å²) in [5.74, 6) is 0. The van der Waals surface area contributed by atoms with E-state index in [0.29, 0.717) is 0 Å². The van der Waals surface area contributed by atoms with Crippen molar-refractivity contribution in [2.24, 2.45) is 5.73 Å². The molecule has 0 aliphatic heterocycles. The third kappa shape index (κ3) is 2.66. The highest BCUT2D eigenvalue weighted by Gasteiger charge is 2.16. The summed E-state index contributed by atoms with van der Waals surface area (Å²) in [6, 6.07) is 0. The van der Waals surface area contributed by atoms with E-state index in [4.69, 9.17) is 12.3 Å². The minimum absolute atomic E-state index is 0.0469. The summed E-state index contributed by atoms with van der Waals surface area (Å²) < 4.78 is 0. The zero-order valence-electron chi connectivity index (χ0n) is 6.35. The van der Waals surface area contributed by atoms with Crippen LogP contribution in [-0.4, -0.2) is 5.54 Å². The Morgan fingerprint density at radius 2 is 1.89 bits per heavy atom. The highest BCUT2D eigenvalue weighted by molar-refractivity contribution is 4.87. The van der Waals surface area contributed by atoms with Crippen LogP contribution < -0.4 is 5.73 Å². The molecule has 9 heavy (non-hydrogen) atoms. The van der Waals surface area contributed by atoms with E-state index in [9.17, 15) is 0 Å². The van der Waals surface area contributed by atoms with E-state index < -0.39 is 0 Å². The smallest absolute Gasteiger partial charge is 0.0184 e. The second-order valence-corrected chi connectivity index (χ2v) is 2.51. The third-order valence-electron chi connectivity index (χ3n) is 1.93. The van der Waals surface area contributed by atoms with E-state index in [1.54, 1.807) is 6.08 Å². The maximum absolute atomic E-state index is 5.90. The van der Waals surface area contributed by atoms with Gasteiger partial charge in [0.05, 0.1) is 0 Å². The molecule has 0 fully saturated rings. The lowest BCUT2D eigenvalue weighted by atomic mass is 9.91. The van der Waals surface area contributed by atoms with Crippen molar-refractivity contribution >= 4 is 0 Å². The second kappa shape index (κ2) is 3.67. The van der Waals surface area contributed by atoms with Gasteiger partial charge in [0.1, 0.15) is 0 Å². The van der Waals surface area contributed by atoms with Gasteiger partial charge in [0.25, 0.3) is 0 Å². The van der Waals surface area contributed by atoms with Gasteiger partial charge in [-0.05, 0) is 19.3 Å². The molecule has 0 heterocycles. The summed E-state index contributed by atoms with van der Waals surface area (Å²) in [4.78, 5) is 0. The number of rotatable bonds is 4. The standard InChI is InChI=1S/C8H16N/c1-4-7-8(9,5-2)6-3/h1,4H,5-7,9H2,2-3H3. The van der Waals surface area contributed by atoms with Crippen LogP contribution in [0.1, 0.15) is 33.1 Å². The molecule has 0 saturated carbocycles. The lowest BCUT2D eigenvalue weighted by Crippen LogP contribution is -2.37. The number of hydrogen-bond donors (Lipinski definition) is 1. The van der Waals surface area contributed by atoms with Crippen molar-refractivity contribution in [2.75, 3.05) is 0 Å².